The van der Waals surface area contributed by atoms with E-state index < -0.39 is 4.92 Å². The predicted molar refractivity (Wildman–Crippen MR) is 184 cm³/mol. The standard InChI is InChI=1S/C19H17N5O3.C17H15N5/c1-27-18-10-14(24(25)26)5-6-17(18)23-9-7-15-13(12-23)11-21-19(22-15)16-4-2-3-8-20-16;1-3-8-18-15(5-1)17-20-11-13-12-22(10-7-14(13)21-17)16-6-2-4-9-19-16/h2-6,8,10-11H,7,9,12H2,1H3;1-6,8-9,11H,7,10,12H2. The Morgan fingerprint density at radius 1 is 0.694 bits per heavy atom. The highest BCUT2D eigenvalue weighted by molar-refractivity contribution is 5.63. The molecule has 5 aromatic heterocycles. The number of hydrogen-bond acceptors (Lipinski definition) is 12. The lowest BCUT2D eigenvalue weighted by molar-refractivity contribution is -0.384. The van der Waals surface area contributed by atoms with Crippen LogP contribution >= 0.6 is 0 Å². The smallest absolute Gasteiger partial charge is 0.273 e. The van der Waals surface area contributed by atoms with Gasteiger partial charge in [-0.15, -0.1) is 0 Å². The van der Waals surface area contributed by atoms with Crippen molar-refractivity contribution in [1.29, 1.82) is 0 Å². The number of nitrogens with zero attached hydrogens (tertiary/aromatic N) is 10. The number of benzene rings is 1. The molecule has 49 heavy (non-hydrogen) atoms. The molecule has 0 radical (unpaired) electrons. The van der Waals surface area contributed by atoms with Crippen LogP contribution in [0.4, 0.5) is 17.2 Å². The van der Waals surface area contributed by atoms with Crippen molar-refractivity contribution in [2.24, 2.45) is 0 Å². The molecule has 0 saturated heterocycles. The number of nitro benzene ring substituents is 1. The Balaban J connectivity index is 0.000000157. The number of fused-ring (bicyclic) bond motifs is 2. The van der Waals surface area contributed by atoms with E-state index in [9.17, 15) is 10.1 Å². The number of nitro groups is 1. The largest absolute Gasteiger partial charge is 0.494 e. The van der Waals surface area contributed by atoms with Crippen molar-refractivity contribution >= 4 is 17.2 Å². The zero-order chi connectivity index (χ0) is 33.6. The second kappa shape index (κ2) is 14.2. The lowest BCUT2D eigenvalue weighted by Gasteiger charge is -2.31. The van der Waals surface area contributed by atoms with Crippen molar-refractivity contribution in [3.05, 3.63) is 136 Å². The van der Waals surface area contributed by atoms with Crippen LogP contribution in [0.15, 0.2) is 104 Å². The van der Waals surface area contributed by atoms with E-state index in [1.807, 2.05) is 73.2 Å². The van der Waals surface area contributed by atoms with Crippen molar-refractivity contribution in [2.45, 2.75) is 25.9 Å². The number of rotatable bonds is 6. The average Bonchev–Trinajstić information content (AvgIpc) is 3.18. The molecule has 13 nitrogen and oxygen atoms in total. The molecule has 6 aromatic rings. The first kappa shape index (κ1) is 31.2. The third-order valence-electron chi connectivity index (χ3n) is 8.34. The number of anilines is 2. The van der Waals surface area contributed by atoms with E-state index in [0.29, 0.717) is 23.9 Å². The fourth-order valence-electron chi connectivity index (χ4n) is 5.85. The molecular formula is C36H32N10O3. The Morgan fingerprint density at radius 3 is 1.80 bits per heavy atom. The van der Waals surface area contributed by atoms with Crippen molar-refractivity contribution in [2.75, 3.05) is 30.0 Å². The second-order valence-electron chi connectivity index (χ2n) is 11.4. The Labute approximate surface area is 282 Å². The maximum Gasteiger partial charge on any atom is 0.273 e. The monoisotopic (exact) mass is 652 g/mol. The number of methoxy groups -OCH3 is 1. The van der Waals surface area contributed by atoms with Crippen molar-refractivity contribution in [1.82, 2.24) is 34.9 Å². The normalized spacial score (nSPS) is 13.4. The zero-order valence-corrected chi connectivity index (χ0v) is 26.8. The first-order chi connectivity index (χ1) is 24.1. The van der Waals surface area contributed by atoms with Crippen LogP contribution in [0.3, 0.4) is 0 Å². The second-order valence-corrected chi connectivity index (χ2v) is 11.4. The number of aromatic nitrogens is 7. The summed E-state index contributed by atoms with van der Waals surface area (Å²) in [5, 5.41) is 11.0. The van der Waals surface area contributed by atoms with E-state index in [4.69, 9.17) is 9.72 Å². The minimum Gasteiger partial charge on any atom is -0.494 e. The summed E-state index contributed by atoms with van der Waals surface area (Å²) in [7, 11) is 1.52. The van der Waals surface area contributed by atoms with E-state index in [1.54, 1.807) is 18.5 Å². The van der Waals surface area contributed by atoms with Gasteiger partial charge in [-0.3, -0.25) is 20.1 Å². The van der Waals surface area contributed by atoms with Gasteiger partial charge >= 0.3 is 0 Å². The number of pyridine rings is 3. The van der Waals surface area contributed by atoms with E-state index >= 15 is 0 Å². The summed E-state index contributed by atoms with van der Waals surface area (Å²) in [6.45, 7) is 3.07. The molecule has 0 amide bonds. The summed E-state index contributed by atoms with van der Waals surface area (Å²) in [4.78, 5) is 46.2. The topological polar surface area (TPSA) is 149 Å². The van der Waals surface area contributed by atoms with Crippen LogP contribution in [-0.4, -0.2) is 60.0 Å². The molecule has 7 heterocycles. The Hall–Kier alpha value is -6.37. The lowest BCUT2D eigenvalue weighted by Crippen LogP contribution is -2.31. The van der Waals surface area contributed by atoms with Crippen molar-refractivity contribution in [3.8, 4) is 28.8 Å². The highest BCUT2D eigenvalue weighted by atomic mass is 16.6. The fraction of sp³-hybridized carbons (Fsp3) is 0.194. The van der Waals surface area contributed by atoms with Crippen LogP contribution in [0.5, 0.6) is 5.75 Å². The Morgan fingerprint density at radius 2 is 1.27 bits per heavy atom. The summed E-state index contributed by atoms with van der Waals surface area (Å²) >= 11 is 0. The summed E-state index contributed by atoms with van der Waals surface area (Å²) in [6.07, 6.45) is 10.7. The highest BCUT2D eigenvalue weighted by Gasteiger charge is 2.23. The van der Waals surface area contributed by atoms with Gasteiger partial charge in [0.2, 0.25) is 0 Å². The van der Waals surface area contributed by atoms with E-state index in [1.165, 1.54) is 19.2 Å². The molecule has 2 aliphatic heterocycles. The van der Waals surface area contributed by atoms with Gasteiger partial charge in [-0.1, -0.05) is 18.2 Å². The molecule has 0 atom stereocenters. The molecule has 1 aromatic carbocycles. The Kier molecular flexibility index (Phi) is 9.04. The molecular weight excluding hydrogens is 620 g/mol. The molecule has 8 rings (SSSR count). The maximum atomic E-state index is 11.0. The van der Waals surface area contributed by atoms with Gasteiger partial charge in [0.25, 0.3) is 5.69 Å². The van der Waals surface area contributed by atoms with Crippen LogP contribution in [0.1, 0.15) is 22.5 Å². The maximum absolute atomic E-state index is 11.0. The Bertz CT molecular complexity index is 2070. The molecule has 0 N–H and O–H groups in total. The zero-order valence-electron chi connectivity index (χ0n) is 26.8. The average molecular weight is 653 g/mol. The fourth-order valence-corrected chi connectivity index (χ4v) is 5.85. The highest BCUT2D eigenvalue weighted by Crippen LogP contribution is 2.35. The molecule has 13 heteroatoms. The molecule has 244 valence electrons. The quantitative estimate of drug-likeness (QED) is 0.165. The van der Waals surface area contributed by atoms with Gasteiger partial charge in [0.05, 0.1) is 35.2 Å². The number of ether oxygens (including phenoxy) is 1. The van der Waals surface area contributed by atoms with Gasteiger partial charge in [-0.05, 0) is 42.5 Å². The number of non-ortho nitro benzene ring substituents is 1. The van der Waals surface area contributed by atoms with E-state index in [0.717, 1.165) is 77.9 Å². The lowest BCUT2D eigenvalue weighted by atomic mass is 10.1. The van der Waals surface area contributed by atoms with Crippen LogP contribution in [-0.2, 0) is 25.9 Å². The predicted octanol–water partition coefficient (Wildman–Crippen LogP) is 5.51. The first-order valence-corrected chi connectivity index (χ1v) is 15.8. The van der Waals surface area contributed by atoms with E-state index in [2.05, 4.69) is 39.7 Å². The summed E-state index contributed by atoms with van der Waals surface area (Å²) in [6, 6.07) is 22.1. The van der Waals surface area contributed by atoms with Gasteiger partial charge in [0, 0.05) is 87.2 Å². The molecule has 2 aliphatic rings. The van der Waals surface area contributed by atoms with Gasteiger partial charge in [-0.2, -0.15) is 0 Å². The molecule has 0 fully saturated rings. The van der Waals surface area contributed by atoms with Crippen molar-refractivity contribution < 1.29 is 9.66 Å². The molecule has 0 spiro atoms. The van der Waals surface area contributed by atoms with Gasteiger partial charge in [0.15, 0.2) is 11.6 Å². The SMILES string of the molecule is COc1cc([N+](=O)[O-])ccc1N1CCc2nc(-c3ccccn3)ncc2C1.c1ccc(-c2ncc3c(n2)CCN(c2ccccn2)C3)nc1. The van der Waals surface area contributed by atoms with E-state index in [-0.39, 0.29) is 5.69 Å². The first-order valence-electron chi connectivity index (χ1n) is 15.8. The van der Waals surface area contributed by atoms with Crippen LogP contribution in [0.2, 0.25) is 0 Å². The van der Waals surface area contributed by atoms with Gasteiger partial charge < -0.3 is 14.5 Å². The minimum absolute atomic E-state index is 0.0105. The summed E-state index contributed by atoms with van der Waals surface area (Å²) < 4.78 is 5.37. The minimum atomic E-state index is -0.426. The summed E-state index contributed by atoms with van der Waals surface area (Å²) in [5.74, 6) is 2.81. The van der Waals surface area contributed by atoms with Gasteiger partial charge in [-0.25, -0.2) is 24.9 Å². The van der Waals surface area contributed by atoms with Gasteiger partial charge in [0.1, 0.15) is 23.0 Å². The van der Waals surface area contributed by atoms with Crippen LogP contribution in [0.25, 0.3) is 23.0 Å². The third kappa shape index (κ3) is 7.00. The van der Waals surface area contributed by atoms with Crippen LogP contribution < -0.4 is 14.5 Å². The summed E-state index contributed by atoms with van der Waals surface area (Å²) in [5.41, 5.74) is 6.71. The molecule has 0 aliphatic carbocycles. The van der Waals surface area contributed by atoms with Crippen LogP contribution in [0, 0.1) is 10.1 Å². The molecule has 0 unspecified atom stereocenters. The third-order valence-corrected chi connectivity index (χ3v) is 8.34. The number of hydrogen-bond donors (Lipinski definition) is 0. The molecule has 0 saturated carbocycles. The molecule has 0 bridgehead atoms. The van der Waals surface area contributed by atoms with Crippen molar-refractivity contribution in [3.63, 3.8) is 0 Å².